The molecule has 0 fully saturated rings. The minimum Gasteiger partial charge on any atom is -0.545 e. The second kappa shape index (κ2) is 30.5. The van der Waals surface area contributed by atoms with E-state index in [-0.39, 0.29) is 0 Å². The van der Waals surface area contributed by atoms with E-state index in [1.54, 1.807) is 0 Å². The summed E-state index contributed by atoms with van der Waals surface area (Å²) in [6, 6.07) is 0. The Labute approximate surface area is 247 Å². The van der Waals surface area contributed by atoms with Crippen LogP contribution in [-0.2, 0) is 9.59 Å². The molecule has 0 aromatic carbocycles. The summed E-state index contributed by atoms with van der Waals surface area (Å²) in [5.74, 6) is -3.09. The third kappa shape index (κ3) is 26.7. The maximum Gasteiger partial charge on any atom is 0.102 e. The summed E-state index contributed by atoms with van der Waals surface area (Å²) in [5, 5.41) is 37.4. The standard InChI is InChI=1S/2C14H32NO.C4H4O4/c2*1-4-7-10-15(13-14-16,11-8-5-2)12-9-6-3;5-3(6)1-2-4(7)8/h2*16H,4-14H2,1-3H3;1-2H,(H,5,6)(H,7,8)/q2*+1;/p-2. The fourth-order valence-electron chi connectivity index (χ4n) is 4.86. The molecule has 0 saturated carbocycles. The highest BCUT2D eigenvalue weighted by Crippen LogP contribution is 2.15. The largest absolute Gasteiger partial charge is 0.545 e. The van der Waals surface area contributed by atoms with E-state index < -0.39 is 11.9 Å². The first kappa shape index (κ1) is 43.0. The van der Waals surface area contributed by atoms with Gasteiger partial charge in [0.2, 0.25) is 0 Å². The lowest BCUT2D eigenvalue weighted by atomic mass is 10.1. The smallest absolute Gasteiger partial charge is 0.102 e. The molecule has 0 atom stereocenters. The van der Waals surface area contributed by atoms with Crippen molar-refractivity contribution in [2.75, 3.05) is 65.6 Å². The Morgan fingerprint density at radius 2 is 0.675 bits per heavy atom. The quantitative estimate of drug-likeness (QED) is 0.135. The van der Waals surface area contributed by atoms with Gasteiger partial charge in [-0.3, -0.25) is 0 Å². The Kier molecular flexibility index (Phi) is 32.7. The predicted molar refractivity (Wildman–Crippen MR) is 162 cm³/mol. The van der Waals surface area contributed by atoms with E-state index in [2.05, 4.69) is 41.5 Å². The summed E-state index contributed by atoms with van der Waals surface area (Å²) in [5.41, 5.74) is 0. The Bertz CT molecular complexity index is 504. The van der Waals surface area contributed by atoms with Crippen molar-refractivity contribution in [3.63, 3.8) is 0 Å². The average molecular weight is 575 g/mol. The van der Waals surface area contributed by atoms with E-state index in [4.69, 9.17) is 0 Å². The number of carbonyl (C=O) groups is 2. The van der Waals surface area contributed by atoms with E-state index in [0.29, 0.717) is 25.4 Å². The monoisotopic (exact) mass is 574 g/mol. The van der Waals surface area contributed by atoms with Crippen LogP contribution >= 0.6 is 0 Å². The molecule has 0 radical (unpaired) electrons. The van der Waals surface area contributed by atoms with Crippen molar-refractivity contribution in [2.45, 2.75) is 119 Å². The van der Waals surface area contributed by atoms with Crippen LogP contribution in [0.4, 0.5) is 0 Å². The lowest BCUT2D eigenvalue weighted by Crippen LogP contribution is -2.51. The number of rotatable bonds is 24. The molecule has 0 aliphatic rings. The molecular weight excluding hydrogens is 508 g/mol. The number of aliphatic hydroxyl groups is 2. The van der Waals surface area contributed by atoms with Gasteiger partial charge in [-0.1, -0.05) is 80.1 Å². The van der Waals surface area contributed by atoms with Gasteiger partial charge < -0.3 is 39.0 Å². The molecule has 0 rings (SSSR count). The van der Waals surface area contributed by atoms with Crippen molar-refractivity contribution in [3.8, 4) is 0 Å². The molecule has 0 aliphatic carbocycles. The normalized spacial score (nSPS) is 11.5. The molecule has 0 spiro atoms. The van der Waals surface area contributed by atoms with Crippen molar-refractivity contribution >= 4 is 11.9 Å². The summed E-state index contributed by atoms with van der Waals surface area (Å²) in [6.07, 6.45) is 16.2. The number of carboxylic acid groups (broad SMARTS) is 2. The van der Waals surface area contributed by atoms with E-state index in [1.165, 1.54) is 116 Å². The van der Waals surface area contributed by atoms with Crippen LogP contribution in [0.25, 0.3) is 0 Å². The van der Waals surface area contributed by atoms with Gasteiger partial charge in [-0.2, -0.15) is 0 Å². The highest BCUT2D eigenvalue weighted by molar-refractivity contribution is 5.87. The summed E-state index contributed by atoms with van der Waals surface area (Å²) < 4.78 is 2.32. The van der Waals surface area contributed by atoms with E-state index in [9.17, 15) is 30.0 Å². The number of quaternary nitrogens is 2. The van der Waals surface area contributed by atoms with Crippen molar-refractivity contribution in [1.29, 1.82) is 0 Å². The second-order valence-corrected chi connectivity index (χ2v) is 11.0. The average Bonchev–Trinajstić information content (AvgIpc) is 2.94. The Balaban J connectivity index is -0.000000543. The molecule has 0 aliphatic heterocycles. The molecule has 40 heavy (non-hydrogen) atoms. The third-order valence-corrected chi connectivity index (χ3v) is 7.42. The number of carbonyl (C=O) groups excluding carboxylic acids is 2. The van der Waals surface area contributed by atoms with Crippen molar-refractivity contribution < 1.29 is 39.0 Å². The van der Waals surface area contributed by atoms with Gasteiger partial charge in [0.1, 0.15) is 13.1 Å². The first-order valence-electron chi connectivity index (χ1n) is 16.1. The van der Waals surface area contributed by atoms with Crippen LogP contribution in [0.2, 0.25) is 0 Å². The van der Waals surface area contributed by atoms with Gasteiger partial charge in [0.25, 0.3) is 0 Å². The van der Waals surface area contributed by atoms with Crippen LogP contribution in [0, 0.1) is 0 Å². The van der Waals surface area contributed by atoms with E-state index in [1.807, 2.05) is 0 Å². The molecule has 0 unspecified atom stereocenters. The molecule has 8 nitrogen and oxygen atoms in total. The predicted octanol–water partition coefficient (Wildman–Crippen LogP) is 3.43. The molecule has 0 heterocycles. The van der Waals surface area contributed by atoms with Gasteiger partial charge in [-0.25, -0.2) is 0 Å². The zero-order valence-corrected chi connectivity index (χ0v) is 27.1. The Hall–Kier alpha value is -1.48. The highest BCUT2D eigenvalue weighted by atomic mass is 16.4. The molecule has 0 bridgehead atoms. The van der Waals surface area contributed by atoms with E-state index >= 15 is 0 Å². The number of aliphatic carboxylic acids is 2. The molecular formula is C32H66N2O6. The first-order valence-corrected chi connectivity index (χ1v) is 16.1. The van der Waals surface area contributed by atoms with Crippen molar-refractivity contribution in [1.82, 2.24) is 0 Å². The van der Waals surface area contributed by atoms with Gasteiger partial charge in [0.05, 0.1) is 64.4 Å². The number of hydrogen-bond donors (Lipinski definition) is 2. The SMILES string of the molecule is CCCC[N+](CCO)(CCCC)CCCC.CCCC[N+](CCO)(CCCC)CCCC.O=C([O-])C=CC(=O)[O-]. The molecule has 0 aromatic rings. The zero-order chi connectivity index (χ0) is 31.1. The van der Waals surface area contributed by atoms with Crippen molar-refractivity contribution in [2.24, 2.45) is 0 Å². The van der Waals surface area contributed by atoms with Crippen LogP contribution in [0.3, 0.4) is 0 Å². The molecule has 8 heteroatoms. The Morgan fingerprint density at radius 1 is 0.475 bits per heavy atom. The zero-order valence-electron chi connectivity index (χ0n) is 27.1. The number of nitrogens with zero attached hydrogens (tertiary/aromatic N) is 2. The van der Waals surface area contributed by atoms with Crippen LogP contribution in [-0.4, -0.2) is 96.7 Å². The van der Waals surface area contributed by atoms with Crippen LogP contribution in [0.1, 0.15) is 119 Å². The lowest BCUT2D eigenvalue weighted by Gasteiger charge is -2.38. The first-order chi connectivity index (χ1) is 19.1. The minimum absolute atomic E-state index is 0.344. The number of aliphatic hydroxyl groups excluding tert-OH is 2. The molecule has 0 saturated heterocycles. The van der Waals surface area contributed by atoms with Gasteiger partial charge in [0.15, 0.2) is 0 Å². The maximum atomic E-state index is 9.41. The lowest BCUT2D eigenvalue weighted by molar-refractivity contribution is -0.929. The summed E-state index contributed by atoms with van der Waals surface area (Å²) >= 11 is 0. The van der Waals surface area contributed by atoms with Crippen LogP contribution in [0.5, 0.6) is 0 Å². The molecule has 2 N–H and O–H groups in total. The minimum atomic E-state index is -1.55. The van der Waals surface area contributed by atoms with Gasteiger partial charge >= 0.3 is 0 Å². The second-order valence-electron chi connectivity index (χ2n) is 11.0. The Morgan fingerprint density at radius 3 is 0.800 bits per heavy atom. The van der Waals surface area contributed by atoms with Gasteiger partial charge in [-0.05, 0) is 50.7 Å². The highest BCUT2D eigenvalue weighted by Gasteiger charge is 2.25. The maximum absolute atomic E-state index is 9.41. The summed E-state index contributed by atoms with van der Waals surface area (Å²) in [7, 11) is 0. The number of hydrogen-bond acceptors (Lipinski definition) is 6. The fraction of sp³-hybridized carbons (Fsp3) is 0.875. The van der Waals surface area contributed by atoms with Gasteiger partial charge in [0, 0.05) is 0 Å². The van der Waals surface area contributed by atoms with Gasteiger partial charge in [-0.15, -0.1) is 0 Å². The van der Waals surface area contributed by atoms with E-state index in [0.717, 1.165) is 22.1 Å². The number of unbranched alkanes of at least 4 members (excludes halogenated alkanes) is 6. The summed E-state index contributed by atoms with van der Waals surface area (Å²) in [4.78, 5) is 18.8. The van der Waals surface area contributed by atoms with Crippen LogP contribution < -0.4 is 10.2 Å². The molecule has 0 aromatic heterocycles. The molecule has 0 amide bonds. The van der Waals surface area contributed by atoms with Crippen LogP contribution in [0.15, 0.2) is 12.2 Å². The molecule has 240 valence electrons. The fourth-order valence-corrected chi connectivity index (χ4v) is 4.86. The topological polar surface area (TPSA) is 121 Å². The summed E-state index contributed by atoms with van der Waals surface area (Å²) in [6.45, 7) is 23.7. The number of carboxylic acids is 2. The third-order valence-electron chi connectivity index (χ3n) is 7.42. The van der Waals surface area contributed by atoms with Crippen molar-refractivity contribution in [3.05, 3.63) is 12.2 Å².